The van der Waals surface area contributed by atoms with Crippen LogP contribution in [0.15, 0.2) is 46.9 Å². The summed E-state index contributed by atoms with van der Waals surface area (Å²) in [6.45, 7) is 0.871. The van der Waals surface area contributed by atoms with Crippen LogP contribution in [0.1, 0.15) is 21.5 Å². The van der Waals surface area contributed by atoms with Crippen LogP contribution >= 0.6 is 15.9 Å². The molecule has 0 aliphatic carbocycles. The number of hydrogen-bond donors (Lipinski definition) is 2. The molecule has 2 aromatic rings. The molecule has 2 aromatic carbocycles. The minimum absolute atomic E-state index is 0.281. The molecule has 0 fully saturated rings. The van der Waals surface area contributed by atoms with Gasteiger partial charge in [-0.15, -0.1) is 0 Å². The summed E-state index contributed by atoms with van der Waals surface area (Å²) < 4.78 is 13.7. The fourth-order valence-electron chi connectivity index (χ4n) is 1.74. The maximum Gasteiger partial charge on any atom is 0.252 e. The summed E-state index contributed by atoms with van der Waals surface area (Å²) in [6, 6.07) is 11.7. The van der Waals surface area contributed by atoms with Gasteiger partial charge in [0.05, 0.1) is 5.56 Å². The zero-order valence-corrected chi connectivity index (χ0v) is 12.3. The standard InChI is InChI=1S/C15H14BrFN2O/c16-14-6-5-12(17)7-13(14)15(20)19-9-11-3-1-10(8-18)2-4-11/h1-7H,8-9,18H2,(H,19,20). The summed E-state index contributed by atoms with van der Waals surface area (Å²) in [5.41, 5.74) is 7.80. The lowest BCUT2D eigenvalue weighted by molar-refractivity contribution is 0.0949. The Labute approximate surface area is 125 Å². The van der Waals surface area contributed by atoms with E-state index in [0.717, 1.165) is 11.1 Å². The lowest BCUT2D eigenvalue weighted by atomic mass is 10.1. The number of hydrogen-bond acceptors (Lipinski definition) is 2. The third-order valence-electron chi connectivity index (χ3n) is 2.88. The van der Waals surface area contributed by atoms with Gasteiger partial charge in [0, 0.05) is 17.6 Å². The molecule has 0 aliphatic rings. The number of carbonyl (C=O) groups excluding carboxylic acids is 1. The highest BCUT2D eigenvalue weighted by Gasteiger charge is 2.10. The zero-order chi connectivity index (χ0) is 14.5. The molecule has 1 amide bonds. The molecule has 0 bridgehead atoms. The van der Waals surface area contributed by atoms with Crippen LogP contribution in [-0.2, 0) is 13.1 Å². The van der Waals surface area contributed by atoms with Crippen LogP contribution in [0.25, 0.3) is 0 Å². The Kier molecular flexibility index (Phi) is 4.87. The lowest BCUT2D eigenvalue weighted by Gasteiger charge is -2.08. The van der Waals surface area contributed by atoms with Gasteiger partial charge in [0.2, 0.25) is 0 Å². The average molecular weight is 337 g/mol. The second-order valence-electron chi connectivity index (χ2n) is 4.33. The molecule has 0 atom stereocenters. The summed E-state index contributed by atoms with van der Waals surface area (Å²) in [7, 11) is 0. The molecule has 0 saturated heterocycles. The van der Waals surface area contributed by atoms with Crippen molar-refractivity contribution < 1.29 is 9.18 Å². The normalized spacial score (nSPS) is 10.3. The van der Waals surface area contributed by atoms with Gasteiger partial charge in [-0.05, 0) is 45.3 Å². The van der Waals surface area contributed by atoms with Crippen molar-refractivity contribution in [3.05, 3.63) is 69.4 Å². The predicted octanol–water partition coefficient (Wildman–Crippen LogP) is 2.98. The topological polar surface area (TPSA) is 55.1 Å². The number of nitrogens with one attached hydrogen (secondary N) is 1. The van der Waals surface area contributed by atoms with Gasteiger partial charge in [-0.1, -0.05) is 24.3 Å². The Morgan fingerprint density at radius 2 is 1.80 bits per heavy atom. The van der Waals surface area contributed by atoms with Gasteiger partial charge in [0.25, 0.3) is 5.91 Å². The van der Waals surface area contributed by atoms with Crippen molar-refractivity contribution >= 4 is 21.8 Å². The van der Waals surface area contributed by atoms with Crippen molar-refractivity contribution in [2.45, 2.75) is 13.1 Å². The fourth-order valence-corrected chi connectivity index (χ4v) is 2.17. The van der Waals surface area contributed by atoms with Gasteiger partial charge >= 0.3 is 0 Å². The van der Waals surface area contributed by atoms with Crippen LogP contribution < -0.4 is 11.1 Å². The van der Waals surface area contributed by atoms with Crippen LogP contribution in [0.5, 0.6) is 0 Å². The van der Waals surface area contributed by atoms with E-state index in [2.05, 4.69) is 21.2 Å². The summed E-state index contributed by atoms with van der Waals surface area (Å²) >= 11 is 3.23. The molecule has 0 unspecified atom stereocenters. The number of benzene rings is 2. The van der Waals surface area contributed by atoms with Crippen molar-refractivity contribution in [1.29, 1.82) is 0 Å². The first-order chi connectivity index (χ1) is 9.60. The molecule has 0 aliphatic heterocycles. The van der Waals surface area contributed by atoms with Crippen molar-refractivity contribution in [2.75, 3.05) is 0 Å². The summed E-state index contributed by atoms with van der Waals surface area (Å²) in [6.07, 6.45) is 0. The molecule has 0 aromatic heterocycles. The van der Waals surface area contributed by atoms with E-state index in [1.807, 2.05) is 24.3 Å². The summed E-state index contributed by atoms with van der Waals surface area (Å²) in [4.78, 5) is 12.0. The molecular weight excluding hydrogens is 323 g/mol. The highest BCUT2D eigenvalue weighted by atomic mass is 79.9. The predicted molar refractivity (Wildman–Crippen MR) is 79.6 cm³/mol. The Hall–Kier alpha value is -1.72. The van der Waals surface area contributed by atoms with Crippen LogP contribution in [0.2, 0.25) is 0 Å². The molecule has 0 spiro atoms. The van der Waals surface area contributed by atoms with Gasteiger partial charge in [0.1, 0.15) is 5.82 Å². The third-order valence-corrected chi connectivity index (χ3v) is 3.58. The van der Waals surface area contributed by atoms with Crippen LogP contribution in [0.4, 0.5) is 4.39 Å². The second kappa shape index (κ2) is 6.63. The van der Waals surface area contributed by atoms with E-state index in [0.29, 0.717) is 17.6 Å². The number of nitrogens with two attached hydrogens (primary N) is 1. The minimum atomic E-state index is -0.439. The molecule has 5 heteroatoms. The van der Waals surface area contributed by atoms with Crippen LogP contribution in [0, 0.1) is 5.82 Å². The summed E-state index contributed by atoms with van der Waals surface area (Å²) in [5, 5.41) is 2.75. The number of halogens is 2. The first-order valence-corrected chi connectivity index (χ1v) is 6.90. The fraction of sp³-hybridized carbons (Fsp3) is 0.133. The van der Waals surface area contributed by atoms with E-state index >= 15 is 0 Å². The smallest absolute Gasteiger partial charge is 0.252 e. The van der Waals surface area contributed by atoms with E-state index in [1.165, 1.54) is 18.2 Å². The number of amides is 1. The highest BCUT2D eigenvalue weighted by molar-refractivity contribution is 9.10. The van der Waals surface area contributed by atoms with Crippen LogP contribution in [-0.4, -0.2) is 5.91 Å². The average Bonchev–Trinajstić information content (AvgIpc) is 2.47. The molecule has 104 valence electrons. The quantitative estimate of drug-likeness (QED) is 0.901. The molecule has 20 heavy (non-hydrogen) atoms. The second-order valence-corrected chi connectivity index (χ2v) is 5.18. The Morgan fingerprint density at radius 3 is 2.45 bits per heavy atom. The van der Waals surface area contributed by atoms with Crippen molar-refractivity contribution in [3.63, 3.8) is 0 Å². The van der Waals surface area contributed by atoms with Gasteiger partial charge in [-0.2, -0.15) is 0 Å². The molecule has 2 rings (SSSR count). The first-order valence-electron chi connectivity index (χ1n) is 6.11. The minimum Gasteiger partial charge on any atom is -0.348 e. The monoisotopic (exact) mass is 336 g/mol. The largest absolute Gasteiger partial charge is 0.348 e. The number of carbonyl (C=O) groups is 1. The Morgan fingerprint density at radius 1 is 1.15 bits per heavy atom. The Bertz CT molecular complexity index is 614. The molecule has 0 radical (unpaired) electrons. The molecule has 0 saturated carbocycles. The highest BCUT2D eigenvalue weighted by Crippen LogP contribution is 2.17. The van der Waals surface area contributed by atoms with E-state index in [-0.39, 0.29) is 11.5 Å². The van der Waals surface area contributed by atoms with E-state index in [1.54, 1.807) is 0 Å². The van der Waals surface area contributed by atoms with Gasteiger partial charge in [0.15, 0.2) is 0 Å². The van der Waals surface area contributed by atoms with E-state index in [9.17, 15) is 9.18 Å². The van der Waals surface area contributed by atoms with E-state index in [4.69, 9.17) is 5.73 Å². The molecule has 3 nitrogen and oxygen atoms in total. The third kappa shape index (κ3) is 3.65. The maximum absolute atomic E-state index is 13.1. The van der Waals surface area contributed by atoms with Crippen LogP contribution in [0.3, 0.4) is 0 Å². The van der Waals surface area contributed by atoms with Gasteiger partial charge in [-0.3, -0.25) is 4.79 Å². The van der Waals surface area contributed by atoms with E-state index < -0.39 is 5.82 Å². The first kappa shape index (κ1) is 14.7. The van der Waals surface area contributed by atoms with Gasteiger partial charge < -0.3 is 11.1 Å². The number of rotatable bonds is 4. The Balaban J connectivity index is 2.02. The zero-order valence-electron chi connectivity index (χ0n) is 10.7. The molecule has 3 N–H and O–H groups in total. The van der Waals surface area contributed by atoms with Crippen molar-refractivity contribution in [1.82, 2.24) is 5.32 Å². The molecule has 0 heterocycles. The van der Waals surface area contributed by atoms with Crippen molar-refractivity contribution in [2.24, 2.45) is 5.73 Å². The lowest BCUT2D eigenvalue weighted by Crippen LogP contribution is -2.23. The maximum atomic E-state index is 13.1. The SMILES string of the molecule is NCc1ccc(CNC(=O)c2cc(F)ccc2Br)cc1. The summed E-state index contributed by atoms with van der Waals surface area (Å²) in [5.74, 6) is -0.759. The molecular formula is C15H14BrFN2O. The van der Waals surface area contributed by atoms with Gasteiger partial charge in [-0.25, -0.2) is 4.39 Å². The van der Waals surface area contributed by atoms with Crippen molar-refractivity contribution in [3.8, 4) is 0 Å².